The summed E-state index contributed by atoms with van der Waals surface area (Å²) in [6, 6.07) is 7.99. The van der Waals surface area contributed by atoms with Crippen LogP contribution in [-0.2, 0) is 22.4 Å². The number of ether oxygens (including phenoxy) is 2. The van der Waals surface area contributed by atoms with Gasteiger partial charge in [-0.15, -0.1) is 0 Å². The standard InChI is InChI=1S/C22H19FO4/c1-4-21(24)26-20-10-8-14(12-18(20)23)15-9-11-19(27-22(25)13(2)3)17-7-5-6-16(15)17/h4,8-12H,1-2,5-7H2,3H3. The van der Waals surface area contributed by atoms with E-state index in [0.29, 0.717) is 16.9 Å². The number of hydrogen-bond donors (Lipinski definition) is 0. The summed E-state index contributed by atoms with van der Waals surface area (Å²) in [5, 5.41) is 0. The molecule has 4 nitrogen and oxygen atoms in total. The smallest absolute Gasteiger partial charge is 0.338 e. The molecule has 5 heteroatoms. The minimum absolute atomic E-state index is 0.146. The second-order valence-corrected chi connectivity index (χ2v) is 6.36. The Morgan fingerprint density at radius 1 is 1.07 bits per heavy atom. The molecule has 0 amide bonds. The van der Waals surface area contributed by atoms with Gasteiger partial charge in [-0.25, -0.2) is 14.0 Å². The zero-order valence-corrected chi connectivity index (χ0v) is 15.0. The third-order valence-electron chi connectivity index (χ3n) is 4.41. The van der Waals surface area contributed by atoms with Gasteiger partial charge in [-0.2, -0.15) is 0 Å². The third kappa shape index (κ3) is 3.82. The largest absolute Gasteiger partial charge is 0.423 e. The first-order valence-corrected chi connectivity index (χ1v) is 8.57. The Bertz CT molecular complexity index is 959. The molecule has 138 valence electrons. The van der Waals surface area contributed by atoms with Crippen LogP contribution in [0.5, 0.6) is 11.5 Å². The maximum atomic E-state index is 14.3. The van der Waals surface area contributed by atoms with Crippen molar-refractivity contribution in [3.63, 3.8) is 0 Å². The van der Waals surface area contributed by atoms with Gasteiger partial charge in [0.1, 0.15) is 5.75 Å². The van der Waals surface area contributed by atoms with Gasteiger partial charge in [-0.1, -0.05) is 25.3 Å². The second-order valence-electron chi connectivity index (χ2n) is 6.36. The summed E-state index contributed by atoms with van der Waals surface area (Å²) in [6.07, 6.45) is 3.52. The molecule has 2 aromatic carbocycles. The summed E-state index contributed by atoms with van der Waals surface area (Å²) in [5.74, 6) is -1.43. The molecule has 0 atom stereocenters. The molecule has 0 aliphatic heterocycles. The van der Waals surface area contributed by atoms with Gasteiger partial charge in [0.2, 0.25) is 0 Å². The third-order valence-corrected chi connectivity index (χ3v) is 4.41. The number of hydrogen-bond acceptors (Lipinski definition) is 4. The normalized spacial score (nSPS) is 12.2. The van der Waals surface area contributed by atoms with Crippen molar-refractivity contribution in [2.75, 3.05) is 0 Å². The number of benzene rings is 2. The maximum Gasteiger partial charge on any atom is 0.338 e. The van der Waals surface area contributed by atoms with Crippen LogP contribution in [0, 0.1) is 5.82 Å². The van der Waals surface area contributed by atoms with Crippen LogP contribution in [0.2, 0.25) is 0 Å². The van der Waals surface area contributed by atoms with E-state index >= 15 is 0 Å². The number of esters is 2. The van der Waals surface area contributed by atoms with Gasteiger partial charge in [0, 0.05) is 11.6 Å². The predicted molar refractivity (Wildman–Crippen MR) is 100 cm³/mol. The highest BCUT2D eigenvalue weighted by Crippen LogP contribution is 2.39. The van der Waals surface area contributed by atoms with Gasteiger partial charge >= 0.3 is 11.9 Å². The van der Waals surface area contributed by atoms with Crippen LogP contribution >= 0.6 is 0 Å². The number of rotatable bonds is 5. The molecule has 0 bridgehead atoms. The molecule has 0 spiro atoms. The average Bonchev–Trinajstić information content (AvgIpc) is 3.13. The zero-order valence-electron chi connectivity index (χ0n) is 15.0. The summed E-state index contributed by atoms with van der Waals surface area (Å²) in [6.45, 7) is 8.49. The molecule has 0 aromatic heterocycles. The molecular formula is C22H19FO4. The molecule has 27 heavy (non-hydrogen) atoms. The molecule has 1 aliphatic carbocycles. The topological polar surface area (TPSA) is 52.6 Å². The molecule has 0 saturated heterocycles. The van der Waals surface area contributed by atoms with Gasteiger partial charge in [0.05, 0.1) is 0 Å². The summed E-state index contributed by atoms with van der Waals surface area (Å²) < 4.78 is 24.6. The van der Waals surface area contributed by atoms with Gasteiger partial charge in [-0.3, -0.25) is 0 Å². The SMILES string of the molecule is C=CC(=O)Oc1ccc(-c2ccc(OC(=O)C(=C)C)c3c2CCC3)cc1F. The minimum Gasteiger partial charge on any atom is -0.423 e. The predicted octanol–water partition coefficient (Wildman–Crippen LogP) is 4.55. The summed E-state index contributed by atoms with van der Waals surface area (Å²) in [7, 11) is 0. The summed E-state index contributed by atoms with van der Waals surface area (Å²) in [4.78, 5) is 23.1. The van der Waals surface area contributed by atoms with Crippen LogP contribution < -0.4 is 9.47 Å². The van der Waals surface area contributed by atoms with Crippen molar-refractivity contribution in [2.45, 2.75) is 26.2 Å². The number of carbonyl (C=O) groups is 2. The van der Waals surface area contributed by atoms with Crippen LogP contribution in [0.4, 0.5) is 4.39 Å². The molecule has 0 unspecified atom stereocenters. The van der Waals surface area contributed by atoms with Gasteiger partial charge in [0.25, 0.3) is 0 Å². The van der Waals surface area contributed by atoms with Crippen molar-refractivity contribution in [3.05, 3.63) is 72.1 Å². The molecule has 0 saturated carbocycles. The Labute approximate surface area is 156 Å². The van der Waals surface area contributed by atoms with E-state index in [0.717, 1.165) is 42.0 Å². The van der Waals surface area contributed by atoms with Gasteiger partial charge in [-0.05, 0) is 66.6 Å². The van der Waals surface area contributed by atoms with E-state index < -0.39 is 17.8 Å². The molecule has 0 heterocycles. The maximum absolute atomic E-state index is 14.3. The summed E-state index contributed by atoms with van der Waals surface area (Å²) >= 11 is 0. The highest BCUT2D eigenvalue weighted by atomic mass is 19.1. The van der Waals surface area contributed by atoms with Crippen molar-refractivity contribution in [1.29, 1.82) is 0 Å². The first-order chi connectivity index (χ1) is 12.9. The highest BCUT2D eigenvalue weighted by molar-refractivity contribution is 5.89. The fourth-order valence-corrected chi connectivity index (χ4v) is 3.13. The Morgan fingerprint density at radius 3 is 2.44 bits per heavy atom. The lowest BCUT2D eigenvalue weighted by atomic mass is 9.96. The van der Waals surface area contributed by atoms with Crippen molar-refractivity contribution >= 4 is 11.9 Å². The van der Waals surface area contributed by atoms with E-state index in [9.17, 15) is 14.0 Å². The van der Waals surface area contributed by atoms with Gasteiger partial charge < -0.3 is 9.47 Å². The minimum atomic E-state index is -0.716. The molecule has 0 radical (unpaired) electrons. The number of halogens is 1. The van der Waals surface area contributed by atoms with E-state index in [-0.39, 0.29) is 5.75 Å². The summed E-state index contributed by atoms with van der Waals surface area (Å²) in [5.41, 5.74) is 3.87. The van der Waals surface area contributed by atoms with Crippen LogP contribution in [0.15, 0.2) is 55.1 Å². The van der Waals surface area contributed by atoms with Crippen LogP contribution in [0.3, 0.4) is 0 Å². The van der Waals surface area contributed by atoms with Crippen LogP contribution in [0.25, 0.3) is 11.1 Å². The molecule has 1 aliphatic rings. The number of carbonyl (C=O) groups excluding carboxylic acids is 2. The molecule has 0 fully saturated rings. The fraction of sp³-hybridized carbons (Fsp3) is 0.182. The molecule has 2 aromatic rings. The fourth-order valence-electron chi connectivity index (χ4n) is 3.13. The van der Waals surface area contributed by atoms with Crippen molar-refractivity contribution in [1.82, 2.24) is 0 Å². The van der Waals surface area contributed by atoms with E-state index in [2.05, 4.69) is 13.2 Å². The molecule has 3 rings (SSSR count). The van der Waals surface area contributed by atoms with E-state index in [4.69, 9.17) is 9.47 Å². The van der Waals surface area contributed by atoms with Crippen LogP contribution in [-0.4, -0.2) is 11.9 Å². The van der Waals surface area contributed by atoms with E-state index in [1.165, 1.54) is 12.1 Å². The Kier molecular flexibility index (Phi) is 5.21. The number of fused-ring (bicyclic) bond motifs is 1. The van der Waals surface area contributed by atoms with Crippen molar-refractivity contribution in [3.8, 4) is 22.6 Å². The van der Waals surface area contributed by atoms with Crippen molar-refractivity contribution < 1.29 is 23.5 Å². The Morgan fingerprint density at radius 2 is 1.78 bits per heavy atom. The quantitative estimate of drug-likeness (QED) is 0.442. The van der Waals surface area contributed by atoms with Gasteiger partial charge in [0.15, 0.2) is 11.6 Å². The zero-order chi connectivity index (χ0) is 19.6. The van der Waals surface area contributed by atoms with E-state index in [1.807, 2.05) is 6.07 Å². The lowest BCUT2D eigenvalue weighted by Crippen LogP contribution is -2.10. The monoisotopic (exact) mass is 366 g/mol. The second kappa shape index (κ2) is 7.58. The van der Waals surface area contributed by atoms with Crippen molar-refractivity contribution in [2.24, 2.45) is 0 Å². The Balaban J connectivity index is 1.96. The van der Waals surface area contributed by atoms with E-state index in [1.54, 1.807) is 19.1 Å². The first kappa shape index (κ1) is 18.6. The average molecular weight is 366 g/mol. The van der Waals surface area contributed by atoms with Crippen LogP contribution in [0.1, 0.15) is 24.5 Å². The molecule has 0 N–H and O–H groups in total. The first-order valence-electron chi connectivity index (χ1n) is 8.57. The lowest BCUT2D eigenvalue weighted by molar-refractivity contribution is -0.130. The lowest BCUT2D eigenvalue weighted by Gasteiger charge is -2.14. The highest BCUT2D eigenvalue weighted by Gasteiger charge is 2.22. The Hall–Kier alpha value is -3.21. The molecular weight excluding hydrogens is 347 g/mol.